The molecule has 0 N–H and O–H groups in total. The second kappa shape index (κ2) is 7.32. The predicted octanol–water partition coefficient (Wildman–Crippen LogP) is 4.15. The van der Waals surface area contributed by atoms with Crippen molar-refractivity contribution < 1.29 is 4.79 Å². The van der Waals surface area contributed by atoms with Crippen LogP contribution >= 0.6 is 23.1 Å². The summed E-state index contributed by atoms with van der Waals surface area (Å²) in [4.78, 5) is 31.5. The van der Waals surface area contributed by atoms with E-state index in [2.05, 4.69) is 4.98 Å². The van der Waals surface area contributed by atoms with Gasteiger partial charge in [-0.05, 0) is 37.6 Å². The van der Waals surface area contributed by atoms with Crippen molar-refractivity contribution in [3.05, 3.63) is 56.5 Å². The standard InChI is InChI=1S/C18H18N2O2S2/c1-3-10-20-17(22)13-6-4-5-7-14(13)19-18(20)23-11-15(21)16-9-8-12(2)24-16/h4-9H,3,10-11H2,1-2H3. The number of benzene rings is 1. The number of carbonyl (C=O) groups excluding carboxylic acids is 1. The van der Waals surface area contributed by atoms with Crippen LogP contribution in [0.25, 0.3) is 10.9 Å². The lowest BCUT2D eigenvalue weighted by molar-refractivity contribution is 0.102. The Balaban J connectivity index is 1.91. The maximum atomic E-state index is 12.7. The number of thiophene rings is 1. The van der Waals surface area contributed by atoms with Gasteiger partial charge >= 0.3 is 0 Å². The lowest BCUT2D eigenvalue weighted by Crippen LogP contribution is -2.23. The van der Waals surface area contributed by atoms with Crippen molar-refractivity contribution >= 4 is 39.8 Å². The molecule has 0 aliphatic rings. The smallest absolute Gasteiger partial charge is 0.262 e. The fourth-order valence-corrected chi connectivity index (χ4v) is 4.27. The highest BCUT2D eigenvalue weighted by Crippen LogP contribution is 2.22. The molecule has 0 unspecified atom stereocenters. The van der Waals surface area contributed by atoms with E-state index < -0.39 is 0 Å². The molecule has 0 fully saturated rings. The first-order valence-electron chi connectivity index (χ1n) is 7.82. The first-order chi connectivity index (χ1) is 11.6. The maximum absolute atomic E-state index is 12.7. The van der Waals surface area contributed by atoms with Gasteiger partial charge in [0, 0.05) is 11.4 Å². The molecular weight excluding hydrogens is 340 g/mol. The van der Waals surface area contributed by atoms with E-state index in [9.17, 15) is 9.59 Å². The number of nitrogens with zero attached hydrogens (tertiary/aromatic N) is 2. The van der Waals surface area contributed by atoms with E-state index in [-0.39, 0.29) is 17.1 Å². The zero-order valence-electron chi connectivity index (χ0n) is 13.6. The molecule has 0 bridgehead atoms. The summed E-state index contributed by atoms with van der Waals surface area (Å²) in [7, 11) is 0. The van der Waals surface area contributed by atoms with Gasteiger partial charge < -0.3 is 0 Å². The molecule has 0 radical (unpaired) electrons. The quantitative estimate of drug-likeness (QED) is 0.377. The Morgan fingerprint density at radius 1 is 1.25 bits per heavy atom. The summed E-state index contributed by atoms with van der Waals surface area (Å²) >= 11 is 2.84. The highest BCUT2D eigenvalue weighted by molar-refractivity contribution is 7.99. The average Bonchev–Trinajstić information content (AvgIpc) is 3.02. The summed E-state index contributed by atoms with van der Waals surface area (Å²) in [5, 5.41) is 1.23. The Kier molecular flexibility index (Phi) is 5.16. The molecule has 0 aliphatic carbocycles. The third-order valence-electron chi connectivity index (χ3n) is 3.62. The van der Waals surface area contributed by atoms with Crippen molar-refractivity contribution in [1.82, 2.24) is 9.55 Å². The van der Waals surface area contributed by atoms with Crippen molar-refractivity contribution in [3.63, 3.8) is 0 Å². The van der Waals surface area contributed by atoms with Gasteiger partial charge in [0.15, 0.2) is 10.9 Å². The minimum absolute atomic E-state index is 0.0376. The van der Waals surface area contributed by atoms with Gasteiger partial charge in [-0.15, -0.1) is 11.3 Å². The van der Waals surface area contributed by atoms with E-state index in [1.165, 1.54) is 23.1 Å². The zero-order valence-corrected chi connectivity index (χ0v) is 15.2. The van der Waals surface area contributed by atoms with Gasteiger partial charge in [-0.3, -0.25) is 14.2 Å². The fourth-order valence-electron chi connectivity index (χ4n) is 2.46. The summed E-state index contributed by atoms with van der Waals surface area (Å²) in [6.45, 7) is 4.61. The molecule has 0 amide bonds. The Bertz CT molecular complexity index is 944. The molecule has 3 rings (SSSR count). The first kappa shape index (κ1) is 16.9. The summed E-state index contributed by atoms with van der Waals surface area (Å²) in [6, 6.07) is 11.1. The summed E-state index contributed by atoms with van der Waals surface area (Å²) in [5.41, 5.74) is 0.640. The molecule has 3 aromatic rings. The molecular formula is C18H18N2O2S2. The molecule has 0 saturated carbocycles. The van der Waals surface area contributed by atoms with Crippen molar-refractivity contribution in [2.75, 3.05) is 5.75 Å². The lowest BCUT2D eigenvalue weighted by Gasteiger charge is -2.11. The first-order valence-corrected chi connectivity index (χ1v) is 9.62. The summed E-state index contributed by atoms with van der Waals surface area (Å²) < 4.78 is 1.68. The van der Waals surface area contributed by atoms with Crippen LogP contribution in [0.2, 0.25) is 0 Å². The van der Waals surface area contributed by atoms with Crippen LogP contribution in [-0.2, 0) is 6.54 Å². The van der Waals surface area contributed by atoms with Gasteiger partial charge in [0.05, 0.1) is 21.5 Å². The third-order valence-corrected chi connectivity index (χ3v) is 5.64. The second-order valence-electron chi connectivity index (χ2n) is 5.49. The summed E-state index contributed by atoms with van der Waals surface area (Å²) in [5.74, 6) is 0.359. The maximum Gasteiger partial charge on any atom is 0.262 e. The van der Waals surface area contributed by atoms with Crippen LogP contribution in [0.3, 0.4) is 0 Å². The number of thioether (sulfide) groups is 1. The lowest BCUT2D eigenvalue weighted by atomic mass is 10.2. The topological polar surface area (TPSA) is 52.0 Å². The highest BCUT2D eigenvalue weighted by atomic mass is 32.2. The molecule has 124 valence electrons. The molecule has 0 aliphatic heterocycles. The van der Waals surface area contributed by atoms with E-state index in [1.54, 1.807) is 10.6 Å². The van der Waals surface area contributed by atoms with Crippen LogP contribution in [-0.4, -0.2) is 21.1 Å². The number of carbonyl (C=O) groups is 1. The van der Waals surface area contributed by atoms with Gasteiger partial charge in [-0.25, -0.2) is 4.98 Å². The number of ketones is 1. The van der Waals surface area contributed by atoms with Crippen molar-refractivity contribution in [3.8, 4) is 0 Å². The minimum atomic E-state index is -0.0376. The molecule has 0 spiro atoms. The Labute approximate surface area is 148 Å². The van der Waals surface area contributed by atoms with Gasteiger partial charge in [-0.2, -0.15) is 0 Å². The number of hydrogen-bond donors (Lipinski definition) is 0. The van der Waals surface area contributed by atoms with Crippen molar-refractivity contribution in [1.29, 1.82) is 0 Å². The van der Waals surface area contributed by atoms with Crippen LogP contribution in [0.5, 0.6) is 0 Å². The van der Waals surface area contributed by atoms with Gasteiger partial charge in [0.2, 0.25) is 0 Å². The molecule has 6 heteroatoms. The predicted molar refractivity (Wildman–Crippen MR) is 100 cm³/mol. The number of hydrogen-bond acceptors (Lipinski definition) is 5. The Morgan fingerprint density at radius 2 is 2.04 bits per heavy atom. The fraction of sp³-hybridized carbons (Fsp3) is 0.278. The van der Waals surface area contributed by atoms with E-state index >= 15 is 0 Å². The van der Waals surface area contributed by atoms with E-state index in [0.29, 0.717) is 22.6 Å². The monoisotopic (exact) mass is 358 g/mol. The normalized spacial score (nSPS) is 11.1. The van der Waals surface area contributed by atoms with E-state index in [4.69, 9.17) is 0 Å². The number of aromatic nitrogens is 2. The van der Waals surface area contributed by atoms with Crippen LogP contribution in [0.15, 0.2) is 46.3 Å². The molecule has 2 aromatic heterocycles. The number of rotatable bonds is 6. The average molecular weight is 358 g/mol. The summed E-state index contributed by atoms with van der Waals surface area (Å²) in [6.07, 6.45) is 0.839. The van der Waals surface area contributed by atoms with E-state index in [1.807, 2.05) is 44.2 Å². The van der Waals surface area contributed by atoms with Gasteiger partial charge in [0.25, 0.3) is 5.56 Å². The van der Waals surface area contributed by atoms with Crippen LogP contribution < -0.4 is 5.56 Å². The van der Waals surface area contributed by atoms with E-state index in [0.717, 1.165) is 16.2 Å². The molecule has 0 saturated heterocycles. The third kappa shape index (κ3) is 3.44. The van der Waals surface area contributed by atoms with Crippen molar-refractivity contribution in [2.45, 2.75) is 32.0 Å². The van der Waals surface area contributed by atoms with Gasteiger partial charge in [0.1, 0.15) is 0 Å². The Morgan fingerprint density at radius 3 is 2.75 bits per heavy atom. The van der Waals surface area contributed by atoms with Crippen LogP contribution in [0, 0.1) is 6.92 Å². The number of fused-ring (bicyclic) bond motifs is 1. The van der Waals surface area contributed by atoms with Crippen LogP contribution in [0.1, 0.15) is 27.9 Å². The van der Waals surface area contributed by atoms with Gasteiger partial charge in [-0.1, -0.05) is 30.8 Å². The number of para-hydroxylation sites is 1. The van der Waals surface area contributed by atoms with Crippen LogP contribution in [0.4, 0.5) is 0 Å². The minimum Gasteiger partial charge on any atom is -0.292 e. The van der Waals surface area contributed by atoms with Crippen molar-refractivity contribution in [2.24, 2.45) is 0 Å². The Hall–Kier alpha value is -1.92. The highest BCUT2D eigenvalue weighted by Gasteiger charge is 2.14. The number of aryl methyl sites for hydroxylation is 1. The molecule has 24 heavy (non-hydrogen) atoms. The number of Topliss-reactive ketones (excluding diaryl/α,β-unsaturated/α-hetero) is 1. The molecule has 4 nitrogen and oxygen atoms in total. The molecule has 1 aromatic carbocycles. The molecule has 2 heterocycles. The largest absolute Gasteiger partial charge is 0.292 e. The zero-order chi connectivity index (χ0) is 17.1. The second-order valence-corrected chi connectivity index (χ2v) is 7.72. The molecule has 0 atom stereocenters. The SMILES string of the molecule is CCCn1c(SCC(=O)c2ccc(C)s2)nc2ccccc2c1=O.